The van der Waals surface area contributed by atoms with Gasteiger partial charge in [-0.2, -0.15) is 5.10 Å². The molecule has 0 aromatic carbocycles. The van der Waals surface area contributed by atoms with Crippen LogP contribution in [0.15, 0.2) is 6.20 Å². The fourth-order valence-electron chi connectivity index (χ4n) is 2.19. The van der Waals surface area contributed by atoms with Crippen LogP contribution in [0.4, 0.5) is 0 Å². The van der Waals surface area contributed by atoms with Crippen molar-refractivity contribution in [1.82, 2.24) is 14.7 Å². The third-order valence-electron chi connectivity index (χ3n) is 3.16. The SMILES string of the molecule is C[C@@H]1CCCCN1C(=O)c1c(Cl)cnn1C. The van der Waals surface area contributed by atoms with E-state index in [2.05, 4.69) is 12.0 Å². The third-order valence-corrected chi connectivity index (χ3v) is 3.44. The van der Waals surface area contributed by atoms with Crippen LogP contribution in [0.2, 0.25) is 5.02 Å². The van der Waals surface area contributed by atoms with Gasteiger partial charge in [0.25, 0.3) is 5.91 Å². The van der Waals surface area contributed by atoms with Gasteiger partial charge in [0.15, 0.2) is 0 Å². The summed E-state index contributed by atoms with van der Waals surface area (Å²) in [6.07, 6.45) is 4.86. The van der Waals surface area contributed by atoms with Gasteiger partial charge in [-0.3, -0.25) is 9.48 Å². The van der Waals surface area contributed by atoms with E-state index in [1.165, 1.54) is 12.6 Å². The molecule has 1 amide bonds. The molecule has 2 rings (SSSR count). The predicted molar refractivity (Wildman–Crippen MR) is 62.6 cm³/mol. The molecule has 5 heteroatoms. The molecular formula is C11H16ClN3O. The van der Waals surface area contributed by atoms with Crippen molar-refractivity contribution in [2.45, 2.75) is 32.2 Å². The zero-order chi connectivity index (χ0) is 11.7. The monoisotopic (exact) mass is 241 g/mol. The van der Waals surface area contributed by atoms with Crippen LogP contribution in [0, 0.1) is 0 Å². The van der Waals surface area contributed by atoms with Gasteiger partial charge < -0.3 is 4.90 Å². The number of carbonyl (C=O) groups excluding carboxylic acids is 1. The Morgan fingerprint density at radius 3 is 2.88 bits per heavy atom. The largest absolute Gasteiger partial charge is 0.335 e. The average molecular weight is 242 g/mol. The molecule has 0 bridgehead atoms. The highest BCUT2D eigenvalue weighted by molar-refractivity contribution is 6.33. The van der Waals surface area contributed by atoms with Gasteiger partial charge in [0, 0.05) is 19.6 Å². The number of aromatic nitrogens is 2. The fourth-order valence-corrected chi connectivity index (χ4v) is 2.43. The molecule has 1 atom stereocenters. The number of halogens is 1. The Kier molecular flexibility index (Phi) is 3.19. The van der Waals surface area contributed by atoms with Crippen molar-refractivity contribution in [3.63, 3.8) is 0 Å². The van der Waals surface area contributed by atoms with E-state index in [-0.39, 0.29) is 5.91 Å². The van der Waals surface area contributed by atoms with E-state index in [4.69, 9.17) is 11.6 Å². The highest BCUT2D eigenvalue weighted by atomic mass is 35.5. The van der Waals surface area contributed by atoms with E-state index >= 15 is 0 Å². The number of carbonyl (C=O) groups is 1. The lowest BCUT2D eigenvalue weighted by Crippen LogP contribution is -2.42. The van der Waals surface area contributed by atoms with Crippen molar-refractivity contribution < 1.29 is 4.79 Å². The van der Waals surface area contributed by atoms with Gasteiger partial charge in [-0.1, -0.05) is 11.6 Å². The lowest BCUT2D eigenvalue weighted by molar-refractivity contribution is 0.0624. The van der Waals surface area contributed by atoms with E-state index in [0.29, 0.717) is 16.8 Å². The summed E-state index contributed by atoms with van der Waals surface area (Å²) >= 11 is 5.98. The third kappa shape index (κ3) is 1.94. The molecule has 0 unspecified atom stereocenters. The van der Waals surface area contributed by atoms with Crippen molar-refractivity contribution in [2.24, 2.45) is 7.05 Å². The summed E-state index contributed by atoms with van der Waals surface area (Å²) in [4.78, 5) is 14.2. The first-order chi connectivity index (χ1) is 7.61. The molecule has 0 N–H and O–H groups in total. The maximum Gasteiger partial charge on any atom is 0.273 e. The van der Waals surface area contributed by atoms with Crippen LogP contribution in [0.25, 0.3) is 0 Å². The maximum absolute atomic E-state index is 12.3. The maximum atomic E-state index is 12.3. The predicted octanol–water partition coefficient (Wildman–Crippen LogP) is 2.09. The molecule has 16 heavy (non-hydrogen) atoms. The van der Waals surface area contributed by atoms with E-state index in [1.54, 1.807) is 11.7 Å². The summed E-state index contributed by atoms with van der Waals surface area (Å²) in [5, 5.41) is 4.43. The highest BCUT2D eigenvalue weighted by Crippen LogP contribution is 2.22. The number of hydrogen-bond acceptors (Lipinski definition) is 2. The minimum absolute atomic E-state index is 0.00259. The molecule has 0 spiro atoms. The van der Waals surface area contributed by atoms with Crippen LogP contribution in [0.3, 0.4) is 0 Å². The van der Waals surface area contributed by atoms with Gasteiger partial charge in [-0.05, 0) is 26.2 Å². The smallest absolute Gasteiger partial charge is 0.273 e. The van der Waals surface area contributed by atoms with Crippen LogP contribution in [-0.2, 0) is 7.05 Å². The molecule has 1 aromatic heterocycles. The summed E-state index contributed by atoms with van der Waals surface area (Å²) < 4.78 is 1.55. The van der Waals surface area contributed by atoms with Crippen LogP contribution in [-0.4, -0.2) is 33.2 Å². The van der Waals surface area contributed by atoms with Crippen LogP contribution in [0.1, 0.15) is 36.7 Å². The van der Waals surface area contributed by atoms with Gasteiger partial charge in [0.1, 0.15) is 5.69 Å². The Morgan fingerprint density at radius 2 is 2.31 bits per heavy atom. The summed E-state index contributed by atoms with van der Waals surface area (Å²) in [7, 11) is 1.74. The molecule has 1 fully saturated rings. The Balaban J connectivity index is 2.24. The van der Waals surface area contributed by atoms with E-state index < -0.39 is 0 Å². The summed E-state index contributed by atoms with van der Waals surface area (Å²) in [6.45, 7) is 2.91. The molecule has 1 saturated heterocycles. The van der Waals surface area contributed by atoms with Crippen molar-refractivity contribution >= 4 is 17.5 Å². The molecule has 1 aliphatic rings. The number of rotatable bonds is 1. The van der Waals surface area contributed by atoms with E-state index in [9.17, 15) is 4.79 Å². The standard InChI is InChI=1S/C11H16ClN3O/c1-8-5-3-4-6-15(8)11(16)10-9(12)7-13-14(10)2/h7-8H,3-6H2,1-2H3/t8-/m1/s1. The Morgan fingerprint density at radius 1 is 1.56 bits per heavy atom. The molecule has 0 saturated carbocycles. The van der Waals surface area contributed by atoms with Gasteiger partial charge in [0.05, 0.1) is 11.2 Å². The zero-order valence-corrected chi connectivity index (χ0v) is 10.4. The molecule has 4 nitrogen and oxygen atoms in total. The number of hydrogen-bond donors (Lipinski definition) is 0. The number of aryl methyl sites for hydroxylation is 1. The quantitative estimate of drug-likeness (QED) is 0.755. The number of amides is 1. The second-order valence-corrected chi connectivity index (χ2v) is 4.72. The molecule has 1 aliphatic heterocycles. The number of piperidine rings is 1. The fraction of sp³-hybridized carbons (Fsp3) is 0.636. The highest BCUT2D eigenvalue weighted by Gasteiger charge is 2.27. The van der Waals surface area contributed by atoms with E-state index in [0.717, 1.165) is 19.4 Å². The Labute approximate surface area is 100 Å². The van der Waals surface area contributed by atoms with Crippen molar-refractivity contribution in [1.29, 1.82) is 0 Å². The lowest BCUT2D eigenvalue weighted by Gasteiger charge is -2.33. The molecule has 1 aromatic rings. The van der Waals surface area contributed by atoms with Gasteiger partial charge in [-0.15, -0.1) is 0 Å². The first-order valence-electron chi connectivity index (χ1n) is 5.59. The van der Waals surface area contributed by atoms with Gasteiger partial charge >= 0.3 is 0 Å². The second-order valence-electron chi connectivity index (χ2n) is 4.31. The molecule has 0 radical (unpaired) electrons. The van der Waals surface area contributed by atoms with Gasteiger partial charge in [0.2, 0.25) is 0 Å². The van der Waals surface area contributed by atoms with Crippen molar-refractivity contribution in [2.75, 3.05) is 6.54 Å². The second kappa shape index (κ2) is 4.45. The zero-order valence-electron chi connectivity index (χ0n) is 9.61. The van der Waals surface area contributed by atoms with E-state index in [1.807, 2.05) is 4.90 Å². The van der Waals surface area contributed by atoms with Crippen LogP contribution >= 0.6 is 11.6 Å². The first kappa shape index (κ1) is 11.5. The van der Waals surface area contributed by atoms with Crippen molar-refractivity contribution in [3.8, 4) is 0 Å². The number of likely N-dealkylation sites (tertiary alicyclic amines) is 1. The summed E-state index contributed by atoms with van der Waals surface area (Å²) in [5.74, 6) is -0.00259. The summed E-state index contributed by atoms with van der Waals surface area (Å²) in [6, 6.07) is 0.298. The van der Waals surface area contributed by atoms with Crippen LogP contribution in [0.5, 0.6) is 0 Å². The Hall–Kier alpha value is -1.03. The van der Waals surface area contributed by atoms with Crippen LogP contribution < -0.4 is 0 Å². The molecule has 2 heterocycles. The Bertz CT molecular complexity index is 382. The minimum atomic E-state index is -0.00259. The normalized spacial score (nSPS) is 21.2. The number of nitrogens with zero attached hydrogens (tertiary/aromatic N) is 3. The average Bonchev–Trinajstić information content (AvgIpc) is 2.58. The topological polar surface area (TPSA) is 38.1 Å². The molecular weight excluding hydrogens is 226 g/mol. The molecule has 0 aliphatic carbocycles. The lowest BCUT2D eigenvalue weighted by atomic mass is 10.0. The minimum Gasteiger partial charge on any atom is -0.335 e. The summed E-state index contributed by atoms with van der Waals surface area (Å²) in [5.41, 5.74) is 0.496. The first-order valence-corrected chi connectivity index (χ1v) is 5.97. The van der Waals surface area contributed by atoms with Gasteiger partial charge in [-0.25, -0.2) is 0 Å². The van der Waals surface area contributed by atoms with Crippen molar-refractivity contribution in [3.05, 3.63) is 16.9 Å². The molecule has 88 valence electrons.